The fourth-order valence-electron chi connectivity index (χ4n) is 2.18. The molecule has 1 atom stereocenters. The van der Waals surface area contributed by atoms with E-state index in [1.54, 1.807) is 11.3 Å². The first-order valence-corrected chi connectivity index (χ1v) is 6.25. The van der Waals surface area contributed by atoms with Crippen molar-refractivity contribution in [2.75, 3.05) is 0 Å². The van der Waals surface area contributed by atoms with Crippen LogP contribution in [-0.2, 0) is 0 Å². The van der Waals surface area contributed by atoms with Gasteiger partial charge in [0.15, 0.2) is 6.29 Å². The van der Waals surface area contributed by atoms with E-state index in [2.05, 4.69) is 28.3 Å². The molecule has 2 aromatic heterocycles. The fraction of sp³-hybridized carbons (Fsp3) is 0.308. The summed E-state index contributed by atoms with van der Waals surface area (Å²) in [5.41, 5.74) is 4.27. The summed E-state index contributed by atoms with van der Waals surface area (Å²) < 4.78 is 2.21. The Kier molecular flexibility index (Phi) is 2.97. The molecule has 0 aliphatic carbocycles. The van der Waals surface area contributed by atoms with Gasteiger partial charge in [-0.05, 0) is 49.2 Å². The summed E-state index contributed by atoms with van der Waals surface area (Å²) in [7, 11) is 0. The average Bonchev–Trinajstić information content (AvgIpc) is 2.86. The number of rotatable bonds is 3. The molecule has 2 nitrogen and oxygen atoms in total. The minimum atomic E-state index is 0.292. The third-order valence-corrected chi connectivity index (χ3v) is 3.76. The zero-order valence-corrected chi connectivity index (χ0v) is 10.5. The van der Waals surface area contributed by atoms with Crippen LogP contribution in [0.25, 0.3) is 0 Å². The first kappa shape index (κ1) is 11.1. The van der Waals surface area contributed by atoms with E-state index in [0.29, 0.717) is 6.04 Å². The highest BCUT2D eigenvalue weighted by Gasteiger charge is 2.15. The number of carbonyl (C=O) groups excluding carboxylic acids is 1. The highest BCUT2D eigenvalue weighted by molar-refractivity contribution is 7.07. The summed E-state index contributed by atoms with van der Waals surface area (Å²) in [5, 5.41) is 4.24. The lowest BCUT2D eigenvalue weighted by Crippen LogP contribution is -2.09. The lowest BCUT2D eigenvalue weighted by molar-refractivity contribution is 0.112. The summed E-state index contributed by atoms with van der Waals surface area (Å²) in [6, 6.07) is 4.37. The van der Waals surface area contributed by atoms with Gasteiger partial charge in [-0.1, -0.05) is 0 Å². The van der Waals surface area contributed by atoms with Crippen molar-refractivity contribution in [3.8, 4) is 0 Å². The lowest BCUT2D eigenvalue weighted by atomic mass is 10.1. The van der Waals surface area contributed by atoms with Crippen LogP contribution in [0.2, 0.25) is 0 Å². The molecule has 3 heteroatoms. The van der Waals surface area contributed by atoms with Crippen molar-refractivity contribution >= 4 is 17.6 Å². The molecule has 0 N–H and O–H groups in total. The Morgan fingerprint density at radius 1 is 1.44 bits per heavy atom. The highest BCUT2D eigenvalue weighted by Crippen LogP contribution is 2.26. The van der Waals surface area contributed by atoms with Crippen LogP contribution in [0.4, 0.5) is 0 Å². The Morgan fingerprint density at radius 2 is 2.19 bits per heavy atom. The molecule has 0 spiro atoms. The molecule has 0 saturated carbocycles. The van der Waals surface area contributed by atoms with Gasteiger partial charge in [-0.25, -0.2) is 0 Å². The zero-order chi connectivity index (χ0) is 11.7. The van der Waals surface area contributed by atoms with Gasteiger partial charge in [0, 0.05) is 17.0 Å². The van der Waals surface area contributed by atoms with Gasteiger partial charge in [-0.15, -0.1) is 0 Å². The van der Waals surface area contributed by atoms with Gasteiger partial charge in [0.2, 0.25) is 0 Å². The largest absolute Gasteiger partial charge is 0.341 e. The van der Waals surface area contributed by atoms with E-state index in [1.165, 1.54) is 5.56 Å². The van der Waals surface area contributed by atoms with Crippen molar-refractivity contribution in [2.24, 2.45) is 0 Å². The molecule has 0 saturated heterocycles. The number of hydrogen-bond donors (Lipinski definition) is 0. The predicted molar refractivity (Wildman–Crippen MR) is 67.4 cm³/mol. The van der Waals surface area contributed by atoms with E-state index in [4.69, 9.17) is 0 Å². The Bertz CT molecular complexity index is 496. The van der Waals surface area contributed by atoms with E-state index in [1.807, 2.05) is 19.9 Å². The average molecular weight is 233 g/mol. The molecule has 0 aliphatic rings. The maximum Gasteiger partial charge on any atom is 0.151 e. The molecule has 0 aliphatic heterocycles. The molecule has 0 amide bonds. The SMILES string of the molecule is Cc1cc(C=O)c(C)n1C(C)c1ccsc1. The topological polar surface area (TPSA) is 22.0 Å². The van der Waals surface area contributed by atoms with E-state index in [0.717, 1.165) is 23.2 Å². The Hall–Kier alpha value is -1.35. The molecule has 0 radical (unpaired) electrons. The molecule has 2 rings (SSSR count). The second-order valence-electron chi connectivity index (χ2n) is 4.05. The first-order chi connectivity index (χ1) is 7.65. The fourth-order valence-corrected chi connectivity index (χ4v) is 2.93. The van der Waals surface area contributed by atoms with Crippen molar-refractivity contribution in [1.29, 1.82) is 0 Å². The molecular formula is C13H15NOS. The Morgan fingerprint density at radius 3 is 2.69 bits per heavy atom. The van der Waals surface area contributed by atoms with Crippen molar-refractivity contribution in [3.05, 3.63) is 45.4 Å². The molecule has 0 aromatic carbocycles. The van der Waals surface area contributed by atoms with Gasteiger partial charge >= 0.3 is 0 Å². The van der Waals surface area contributed by atoms with Crippen LogP contribution in [0.5, 0.6) is 0 Å². The second kappa shape index (κ2) is 4.26. The quantitative estimate of drug-likeness (QED) is 0.743. The summed E-state index contributed by atoms with van der Waals surface area (Å²) in [4.78, 5) is 10.9. The maximum atomic E-state index is 10.9. The summed E-state index contributed by atoms with van der Waals surface area (Å²) in [6.45, 7) is 6.21. The third kappa shape index (κ3) is 1.71. The molecule has 1 unspecified atom stereocenters. The number of hydrogen-bond acceptors (Lipinski definition) is 2. The Balaban J connectivity index is 2.48. The van der Waals surface area contributed by atoms with Gasteiger partial charge < -0.3 is 4.57 Å². The number of aldehydes is 1. The molecule has 0 bridgehead atoms. The van der Waals surface area contributed by atoms with Crippen molar-refractivity contribution < 1.29 is 4.79 Å². The minimum absolute atomic E-state index is 0.292. The molecule has 0 fully saturated rings. The van der Waals surface area contributed by atoms with Crippen molar-refractivity contribution in [3.63, 3.8) is 0 Å². The summed E-state index contributed by atoms with van der Waals surface area (Å²) in [5.74, 6) is 0. The molecule has 2 aromatic rings. The monoisotopic (exact) mass is 233 g/mol. The van der Waals surface area contributed by atoms with Crippen LogP contribution in [0.3, 0.4) is 0 Å². The predicted octanol–water partition coefficient (Wildman–Crippen LogP) is 3.59. The molecule has 16 heavy (non-hydrogen) atoms. The zero-order valence-electron chi connectivity index (χ0n) is 9.73. The van der Waals surface area contributed by atoms with Gasteiger partial charge in [0.05, 0.1) is 6.04 Å². The van der Waals surface area contributed by atoms with Crippen LogP contribution in [0.1, 0.15) is 40.3 Å². The van der Waals surface area contributed by atoms with E-state index >= 15 is 0 Å². The van der Waals surface area contributed by atoms with Gasteiger partial charge in [-0.3, -0.25) is 4.79 Å². The number of carbonyl (C=O) groups is 1. The summed E-state index contributed by atoms with van der Waals surface area (Å²) in [6.07, 6.45) is 0.930. The van der Waals surface area contributed by atoms with Crippen LogP contribution < -0.4 is 0 Å². The minimum Gasteiger partial charge on any atom is -0.341 e. The third-order valence-electron chi connectivity index (χ3n) is 3.06. The van der Waals surface area contributed by atoms with Crippen LogP contribution >= 0.6 is 11.3 Å². The van der Waals surface area contributed by atoms with Crippen LogP contribution in [0.15, 0.2) is 22.9 Å². The maximum absolute atomic E-state index is 10.9. The van der Waals surface area contributed by atoms with Gasteiger partial charge in [-0.2, -0.15) is 11.3 Å². The molecule has 84 valence electrons. The first-order valence-electron chi connectivity index (χ1n) is 5.31. The summed E-state index contributed by atoms with van der Waals surface area (Å²) >= 11 is 1.70. The standard InChI is InChI=1S/C13H15NOS/c1-9-6-13(7-15)11(3)14(9)10(2)12-4-5-16-8-12/h4-8,10H,1-3H3. The van der Waals surface area contributed by atoms with Crippen molar-refractivity contribution in [1.82, 2.24) is 4.57 Å². The van der Waals surface area contributed by atoms with Crippen molar-refractivity contribution in [2.45, 2.75) is 26.8 Å². The molecule has 2 heterocycles. The normalized spacial score (nSPS) is 12.7. The lowest BCUT2D eigenvalue weighted by Gasteiger charge is -2.17. The second-order valence-corrected chi connectivity index (χ2v) is 4.83. The van der Waals surface area contributed by atoms with E-state index < -0.39 is 0 Å². The van der Waals surface area contributed by atoms with Crippen LogP contribution in [0, 0.1) is 13.8 Å². The number of aryl methyl sites for hydroxylation is 1. The Labute approximate surface area is 99.5 Å². The van der Waals surface area contributed by atoms with Crippen LogP contribution in [-0.4, -0.2) is 10.9 Å². The highest BCUT2D eigenvalue weighted by atomic mass is 32.1. The smallest absolute Gasteiger partial charge is 0.151 e. The molecular weight excluding hydrogens is 218 g/mol. The number of nitrogens with zero attached hydrogens (tertiary/aromatic N) is 1. The van der Waals surface area contributed by atoms with E-state index in [-0.39, 0.29) is 0 Å². The number of aromatic nitrogens is 1. The van der Waals surface area contributed by atoms with Gasteiger partial charge in [0.25, 0.3) is 0 Å². The number of thiophene rings is 1. The van der Waals surface area contributed by atoms with E-state index in [9.17, 15) is 4.79 Å². The van der Waals surface area contributed by atoms with Gasteiger partial charge in [0.1, 0.15) is 0 Å².